The van der Waals surface area contributed by atoms with Gasteiger partial charge in [-0.3, -0.25) is 4.98 Å². The number of fused-ring (bicyclic) bond motifs is 1. The standard InChI is InChI=1S/C16H13FN2/c17-15-8-11(10-18)3-5-14(15)12-4-6-16-13(9-12)2-1-7-19-16/h1-9H,10,18H2. The summed E-state index contributed by atoms with van der Waals surface area (Å²) >= 11 is 0. The van der Waals surface area contributed by atoms with Crippen molar-refractivity contribution in [1.82, 2.24) is 4.98 Å². The predicted octanol–water partition coefficient (Wildman–Crippen LogP) is 3.50. The summed E-state index contributed by atoms with van der Waals surface area (Å²) in [6.45, 7) is 0.346. The van der Waals surface area contributed by atoms with E-state index in [0.717, 1.165) is 22.0 Å². The number of halogens is 1. The van der Waals surface area contributed by atoms with Gasteiger partial charge in [-0.05, 0) is 35.4 Å². The highest BCUT2D eigenvalue weighted by molar-refractivity contribution is 5.84. The number of nitrogens with two attached hydrogens (primary N) is 1. The van der Waals surface area contributed by atoms with Crippen molar-refractivity contribution in [2.24, 2.45) is 5.73 Å². The summed E-state index contributed by atoms with van der Waals surface area (Å²) in [7, 11) is 0. The molecular formula is C16H13FN2. The molecule has 0 saturated heterocycles. The van der Waals surface area contributed by atoms with E-state index in [-0.39, 0.29) is 5.82 Å². The average molecular weight is 252 g/mol. The summed E-state index contributed by atoms with van der Waals surface area (Å²) in [5.41, 5.74) is 8.64. The second-order valence-electron chi connectivity index (χ2n) is 4.43. The van der Waals surface area contributed by atoms with E-state index in [4.69, 9.17) is 5.73 Å². The summed E-state index contributed by atoms with van der Waals surface area (Å²) in [4.78, 5) is 4.26. The summed E-state index contributed by atoms with van der Waals surface area (Å²) in [5, 5.41) is 1.00. The van der Waals surface area contributed by atoms with E-state index in [2.05, 4.69) is 4.98 Å². The molecule has 2 N–H and O–H groups in total. The molecule has 0 unspecified atom stereocenters. The molecule has 3 aromatic rings. The lowest BCUT2D eigenvalue weighted by atomic mass is 10.0. The first kappa shape index (κ1) is 11.8. The highest BCUT2D eigenvalue weighted by Crippen LogP contribution is 2.26. The third kappa shape index (κ3) is 2.20. The Balaban J connectivity index is 2.13. The minimum absolute atomic E-state index is 0.244. The molecule has 0 atom stereocenters. The van der Waals surface area contributed by atoms with Gasteiger partial charge in [-0.2, -0.15) is 0 Å². The van der Waals surface area contributed by atoms with Crippen molar-refractivity contribution in [3.63, 3.8) is 0 Å². The van der Waals surface area contributed by atoms with Gasteiger partial charge in [-0.1, -0.05) is 24.3 Å². The van der Waals surface area contributed by atoms with E-state index < -0.39 is 0 Å². The normalized spacial score (nSPS) is 10.8. The van der Waals surface area contributed by atoms with Crippen LogP contribution in [0.4, 0.5) is 4.39 Å². The lowest BCUT2D eigenvalue weighted by Gasteiger charge is -2.06. The largest absolute Gasteiger partial charge is 0.326 e. The molecule has 0 bridgehead atoms. The van der Waals surface area contributed by atoms with Crippen molar-refractivity contribution in [3.8, 4) is 11.1 Å². The second-order valence-corrected chi connectivity index (χ2v) is 4.43. The first-order valence-electron chi connectivity index (χ1n) is 6.11. The monoisotopic (exact) mass is 252 g/mol. The average Bonchev–Trinajstić information content (AvgIpc) is 2.46. The summed E-state index contributed by atoms with van der Waals surface area (Å²) < 4.78 is 14.1. The van der Waals surface area contributed by atoms with Gasteiger partial charge in [0.2, 0.25) is 0 Å². The van der Waals surface area contributed by atoms with Crippen LogP contribution < -0.4 is 5.73 Å². The molecule has 0 spiro atoms. The summed E-state index contributed by atoms with van der Waals surface area (Å²) in [5.74, 6) is -0.244. The molecule has 3 heteroatoms. The van der Waals surface area contributed by atoms with Crippen molar-refractivity contribution in [2.75, 3.05) is 0 Å². The minimum atomic E-state index is -0.244. The van der Waals surface area contributed by atoms with E-state index in [1.54, 1.807) is 12.3 Å². The van der Waals surface area contributed by atoms with Crippen LogP contribution in [-0.2, 0) is 6.54 Å². The van der Waals surface area contributed by atoms with Gasteiger partial charge >= 0.3 is 0 Å². The van der Waals surface area contributed by atoms with Crippen LogP contribution in [0.25, 0.3) is 22.0 Å². The van der Waals surface area contributed by atoms with E-state index in [1.165, 1.54) is 6.07 Å². The van der Waals surface area contributed by atoms with E-state index in [1.807, 2.05) is 36.4 Å². The minimum Gasteiger partial charge on any atom is -0.326 e. The molecule has 0 fully saturated rings. The molecule has 19 heavy (non-hydrogen) atoms. The number of hydrogen-bond donors (Lipinski definition) is 1. The van der Waals surface area contributed by atoms with Crippen LogP contribution in [0.15, 0.2) is 54.7 Å². The molecule has 3 rings (SSSR count). The SMILES string of the molecule is NCc1ccc(-c2ccc3ncccc3c2)c(F)c1. The van der Waals surface area contributed by atoms with Crippen LogP contribution in [0.2, 0.25) is 0 Å². The molecule has 0 amide bonds. The van der Waals surface area contributed by atoms with Gasteiger partial charge in [0.15, 0.2) is 0 Å². The quantitative estimate of drug-likeness (QED) is 0.758. The summed E-state index contributed by atoms with van der Waals surface area (Å²) in [6, 6.07) is 14.7. The first-order chi connectivity index (χ1) is 9.28. The molecule has 0 aliphatic heterocycles. The first-order valence-corrected chi connectivity index (χ1v) is 6.11. The Morgan fingerprint density at radius 2 is 1.95 bits per heavy atom. The third-order valence-electron chi connectivity index (χ3n) is 3.18. The Bertz CT molecular complexity index is 738. The lowest BCUT2D eigenvalue weighted by molar-refractivity contribution is 0.629. The van der Waals surface area contributed by atoms with Gasteiger partial charge < -0.3 is 5.73 Å². The second kappa shape index (κ2) is 4.78. The van der Waals surface area contributed by atoms with Gasteiger partial charge in [0.25, 0.3) is 0 Å². The highest BCUT2D eigenvalue weighted by atomic mass is 19.1. The third-order valence-corrected chi connectivity index (χ3v) is 3.18. The molecule has 2 nitrogen and oxygen atoms in total. The fourth-order valence-corrected chi connectivity index (χ4v) is 2.16. The Kier molecular flexibility index (Phi) is 2.97. The van der Waals surface area contributed by atoms with Gasteiger partial charge in [-0.25, -0.2) is 4.39 Å². The van der Waals surface area contributed by atoms with E-state index in [9.17, 15) is 4.39 Å². The Morgan fingerprint density at radius 3 is 2.74 bits per heavy atom. The maximum atomic E-state index is 14.1. The number of hydrogen-bond acceptors (Lipinski definition) is 2. The fourth-order valence-electron chi connectivity index (χ4n) is 2.16. The van der Waals surface area contributed by atoms with Crippen molar-refractivity contribution < 1.29 is 4.39 Å². The number of benzene rings is 2. The molecule has 0 aliphatic rings. The van der Waals surface area contributed by atoms with Crippen LogP contribution in [0, 0.1) is 5.82 Å². The van der Waals surface area contributed by atoms with Gasteiger partial charge in [-0.15, -0.1) is 0 Å². The zero-order valence-electron chi connectivity index (χ0n) is 10.3. The number of nitrogens with zero attached hydrogens (tertiary/aromatic N) is 1. The molecule has 1 heterocycles. The molecule has 2 aromatic carbocycles. The Hall–Kier alpha value is -2.26. The van der Waals surface area contributed by atoms with Gasteiger partial charge in [0, 0.05) is 23.7 Å². The zero-order chi connectivity index (χ0) is 13.2. The summed E-state index contributed by atoms with van der Waals surface area (Å²) in [6.07, 6.45) is 1.75. The van der Waals surface area contributed by atoms with Crippen molar-refractivity contribution >= 4 is 10.9 Å². The van der Waals surface area contributed by atoms with Crippen LogP contribution in [-0.4, -0.2) is 4.98 Å². The number of rotatable bonds is 2. The van der Waals surface area contributed by atoms with Gasteiger partial charge in [0.1, 0.15) is 5.82 Å². The highest BCUT2D eigenvalue weighted by Gasteiger charge is 2.06. The fraction of sp³-hybridized carbons (Fsp3) is 0.0625. The van der Waals surface area contributed by atoms with Crippen LogP contribution in [0.1, 0.15) is 5.56 Å². The van der Waals surface area contributed by atoms with Gasteiger partial charge in [0.05, 0.1) is 5.52 Å². The predicted molar refractivity (Wildman–Crippen MR) is 75.0 cm³/mol. The van der Waals surface area contributed by atoms with Crippen LogP contribution in [0.3, 0.4) is 0 Å². The maximum Gasteiger partial charge on any atom is 0.131 e. The molecule has 0 saturated carbocycles. The number of aromatic nitrogens is 1. The zero-order valence-corrected chi connectivity index (χ0v) is 10.3. The molecule has 94 valence electrons. The van der Waals surface area contributed by atoms with Crippen LogP contribution in [0.5, 0.6) is 0 Å². The molecule has 1 aromatic heterocycles. The Labute approximate surface area is 110 Å². The number of pyridine rings is 1. The van der Waals surface area contributed by atoms with Crippen molar-refractivity contribution in [3.05, 3.63) is 66.1 Å². The van der Waals surface area contributed by atoms with Crippen molar-refractivity contribution in [1.29, 1.82) is 0 Å². The Morgan fingerprint density at radius 1 is 1.05 bits per heavy atom. The lowest BCUT2D eigenvalue weighted by Crippen LogP contribution is -1.97. The molecule has 0 aliphatic carbocycles. The van der Waals surface area contributed by atoms with Crippen molar-refractivity contribution in [2.45, 2.75) is 6.54 Å². The van der Waals surface area contributed by atoms with E-state index >= 15 is 0 Å². The molecule has 0 radical (unpaired) electrons. The topological polar surface area (TPSA) is 38.9 Å². The maximum absolute atomic E-state index is 14.1. The van der Waals surface area contributed by atoms with Crippen LogP contribution >= 0.6 is 0 Å². The molecular weight excluding hydrogens is 239 g/mol. The smallest absolute Gasteiger partial charge is 0.131 e. The van der Waals surface area contributed by atoms with E-state index in [0.29, 0.717) is 12.1 Å².